The second-order valence-electron chi connectivity index (χ2n) is 7.23. The molecule has 0 heterocycles. The van der Waals surface area contributed by atoms with Crippen LogP contribution in [0.4, 0.5) is 0 Å². The van der Waals surface area contributed by atoms with Crippen LogP contribution in [0.1, 0.15) is 20.8 Å². The topological polar surface area (TPSA) is 9.23 Å². The number of benzene rings is 3. The fourth-order valence-corrected chi connectivity index (χ4v) is 5.83. The van der Waals surface area contributed by atoms with Crippen molar-refractivity contribution in [2.45, 2.75) is 41.1 Å². The van der Waals surface area contributed by atoms with Gasteiger partial charge in [0.25, 0.3) is 0 Å². The van der Waals surface area contributed by atoms with E-state index in [9.17, 15) is 0 Å². The molecule has 0 atom stereocenters. The van der Waals surface area contributed by atoms with E-state index in [2.05, 4.69) is 112 Å². The van der Waals surface area contributed by atoms with E-state index in [1.165, 1.54) is 14.7 Å². The molecule has 2 heteroatoms. The Bertz CT molecular complexity index is 763. The van der Waals surface area contributed by atoms with E-state index in [1.54, 1.807) is 0 Å². The first-order valence-electron chi connectivity index (χ1n) is 8.57. The molecule has 0 fully saturated rings. The summed E-state index contributed by atoms with van der Waals surface area (Å²) in [5.41, 5.74) is -0.184. The molecule has 0 N–H and O–H groups in total. The molecule has 3 aromatic rings. The van der Waals surface area contributed by atoms with Gasteiger partial charge in [-0.05, 0) is 90.2 Å². The summed E-state index contributed by atoms with van der Waals surface area (Å²) in [7, 11) is -1.29. The standard InChI is InChI=1S/C23H26OS/c1-23(2,3)24-19-15-17-22(18-16-19)25(4,20-11-7-5-8-12-20)21-13-9-6-10-14-21/h5-18H,1-4H3. The van der Waals surface area contributed by atoms with Crippen molar-refractivity contribution >= 4 is 10.0 Å². The van der Waals surface area contributed by atoms with Crippen molar-refractivity contribution in [3.8, 4) is 5.75 Å². The van der Waals surface area contributed by atoms with Crippen molar-refractivity contribution in [2.75, 3.05) is 6.26 Å². The second kappa shape index (κ2) is 6.97. The third-order valence-electron chi connectivity index (χ3n) is 4.15. The van der Waals surface area contributed by atoms with Gasteiger partial charge >= 0.3 is 0 Å². The van der Waals surface area contributed by atoms with E-state index in [1.807, 2.05) is 0 Å². The Morgan fingerprint density at radius 3 is 1.40 bits per heavy atom. The number of hydrogen-bond donors (Lipinski definition) is 0. The third-order valence-corrected chi connectivity index (χ3v) is 7.79. The van der Waals surface area contributed by atoms with Crippen LogP contribution in [0, 0.1) is 0 Å². The first-order chi connectivity index (χ1) is 11.9. The summed E-state index contributed by atoms with van der Waals surface area (Å²) < 4.78 is 5.99. The minimum Gasteiger partial charge on any atom is -0.488 e. The highest BCUT2D eigenvalue weighted by atomic mass is 32.3. The zero-order valence-corrected chi connectivity index (χ0v) is 16.2. The second-order valence-corrected chi connectivity index (χ2v) is 10.5. The first kappa shape index (κ1) is 17.6. The van der Waals surface area contributed by atoms with Crippen LogP contribution >= 0.6 is 10.0 Å². The van der Waals surface area contributed by atoms with Crippen LogP contribution in [-0.2, 0) is 0 Å². The maximum absolute atomic E-state index is 5.99. The molecule has 0 radical (unpaired) electrons. The van der Waals surface area contributed by atoms with Crippen molar-refractivity contribution in [1.29, 1.82) is 0 Å². The van der Waals surface area contributed by atoms with E-state index in [-0.39, 0.29) is 5.60 Å². The molecule has 0 aliphatic rings. The summed E-state index contributed by atoms with van der Waals surface area (Å²) in [5, 5.41) is 0. The fourth-order valence-electron chi connectivity index (χ4n) is 2.93. The zero-order chi connectivity index (χ0) is 17.9. The van der Waals surface area contributed by atoms with Gasteiger partial charge in [-0.3, -0.25) is 0 Å². The monoisotopic (exact) mass is 350 g/mol. The van der Waals surface area contributed by atoms with Crippen LogP contribution in [0.25, 0.3) is 0 Å². The SMILES string of the molecule is CC(C)(C)Oc1ccc(S(C)(c2ccccc2)c2ccccc2)cc1. The van der Waals surface area contributed by atoms with Crippen molar-refractivity contribution in [3.63, 3.8) is 0 Å². The predicted molar refractivity (Wildman–Crippen MR) is 108 cm³/mol. The maximum Gasteiger partial charge on any atom is 0.120 e. The molecule has 0 aliphatic carbocycles. The molecule has 0 bridgehead atoms. The van der Waals surface area contributed by atoms with E-state index in [0.717, 1.165) is 5.75 Å². The molecule has 25 heavy (non-hydrogen) atoms. The highest BCUT2D eigenvalue weighted by Gasteiger charge is 2.25. The average molecular weight is 351 g/mol. The van der Waals surface area contributed by atoms with Crippen LogP contribution in [0.5, 0.6) is 5.75 Å². The van der Waals surface area contributed by atoms with Gasteiger partial charge in [-0.2, -0.15) is 10.0 Å². The number of rotatable bonds is 4. The van der Waals surface area contributed by atoms with Crippen LogP contribution in [0.15, 0.2) is 99.6 Å². The summed E-state index contributed by atoms with van der Waals surface area (Å²) in [5.74, 6) is 0.916. The highest BCUT2D eigenvalue weighted by molar-refractivity contribution is 8.33. The minimum absolute atomic E-state index is 0.184. The summed E-state index contributed by atoms with van der Waals surface area (Å²) >= 11 is 0. The van der Waals surface area contributed by atoms with Gasteiger partial charge in [-0.15, -0.1) is 0 Å². The van der Waals surface area contributed by atoms with Crippen molar-refractivity contribution in [2.24, 2.45) is 0 Å². The van der Waals surface area contributed by atoms with Crippen molar-refractivity contribution in [1.82, 2.24) is 0 Å². The van der Waals surface area contributed by atoms with Gasteiger partial charge in [0, 0.05) is 0 Å². The van der Waals surface area contributed by atoms with Crippen molar-refractivity contribution < 1.29 is 4.74 Å². The molecule has 0 aliphatic heterocycles. The fraction of sp³-hybridized carbons (Fsp3) is 0.217. The molecular weight excluding hydrogens is 324 g/mol. The lowest BCUT2D eigenvalue weighted by molar-refractivity contribution is 0.131. The van der Waals surface area contributed by atoms with Crippen LogP contribution in [0.3, 0.4) is 0 Å². The summed E-state index contributed by atoms with van der Waals surface area (Å²) in [6.07, 6.45) is 2.37. The van der Waals surface area contributed by atoms with Gasteiger partial charge < -0.3 is 4.74 Å². The minimum atomic E-state index is -1.29. The van der Waals surface area contributed by atoms with Gasteiger partial charge in [0.1, 0.15) is 11.4 Å². The Morgan fingerprint density at radius 2 is 1.00 bits per heavy atom. The molecule has 0 amide bonds. The summed E-state index contributed by atoms with van der Waals surface area (Å²) in [4.78, 5) is 4.07. The predicted octanol–water partition coefficient (Wildman–Crippen LogP) is 6.78. The lowest BCUT2D eigenvalue weighted by atomic mass is 10.2. The number of ether oxygens (including phenoxy) is 1. The quantitative estimate of drug-likeness (QED) is 0.504. The lowest BCUT2D eigenvalue weighted by Gasteiger charge is -2.37. The van der Waals surface area contributed by atoms with Gasteiger partial charge in [-0.1, -0.05) is 36.4 Å². The Balaban J connectivity index is 2.07. The molecule has 130 valence electrons. The van der Waals surface area contributed by atoms with Crippen molar-refractivity contribution in [3.05, 3.63) is 84.9 Å². The van der Waals surface area contributed by atoms with Crippen LogP contribution in [-0.4, -0.2) is 11.9 Å². The Labute approximate surface area is 153 Å². The largest absolute Gasteiger partial charge is 0.488 e. The Morgan fingerprint density at radius 1 is 0.600 bits per heavy atom. The molecule has 0 unspecified atom stereocenters. The molecular formula is C23H26OS. The van der Waals surface area contributed by atoms with Crippen LogP contribution < -0.4 is 4.74 Å². The first-order valence-corrected chi connectivity index (χ1v) is 10.6. The van der Waals surface area contributed by atoms with E-state index >= 15 is 0 Å². The normalized spacial score (nSPS) is 12.6. The highest BCUT2D eigenvalue weighted by Crippen LogP contribution is 2.65. The van der Waals surface area contributed by atoms with E-state index < -0.39 is 10.0 Å². The molecule has 1 nitrogen and oxygen atoms in total. The van der Waals surface area contributed by atoms with E-state index in [0.29, 0.717) is 0 Å². The molecule has 0 saturated heterocycles. The van der Waals surface area contributed by atoms with E-state index in [4.69, 9.17) is 4.74 Å². The van der Waals surface area contributed by atoms with Crippen LogP contribution in [0.2, 0.25) is 0 Å². The smallest absolute Gasteiger partial charge is 0.120 e. The van der Waals surface area contributed by atoms with Gasteiger partial charge in [0.2, 0.25) is 0 Å². The van der Waals surface area contributed by atoms with Gasteiger partial charge in [0.15, 0.2) is 0 Å². The molecule has 0 saturated carbocycles. The van der Waals surface area contributed by atoms with Gasteiger partial charge in [-0.25, -0.2) is 0 Å². The Hall–Kier alpha value is -2.19. The average Bonchev–Trinajstić information content (AvgIpc) is 2.62. The summed E-state index contributed by atoms with van der Waals surface area (Å²) in [6, 6.07) is 30.2. The zero-order valence-electron chi connectivity index (χ0n) is 15.4. The molecule has 0 spiro atoms. The number of hydrogen-bond acceptors (Lipinski definition) is 1. The maximum atomic E-state index is 5.99. The molecule has 3 aromatic carbocycles. The third kappa shape index (κ3) is 3.91. The molecule has 0 aromatic heterocycles. The molecule has 3 rings (SSSR count). The Kier molecular flexibility index (Phi) is 4.91. The summed E-state index contributed by atoms with van der Waals surface area (Å²) in [6.45, 7) is 6.22. The van der Waals surface area contributed by atoms with Gasteiger partial charge in [0.05, 0.1) is 0 Å². The lowest BCUT2D eigenvalue weighted by Crippen LogP contribution is -2.22.